The van der Waals surface area contributed by atoms with Crippen molar-refractivity contribution in [1.82, 2.24) is 15.0 Å². The van der Waals surface area contributed by atoms with Crippen molar-refractivity contribution >= 4 is 22.9 Å². The predicted octanol–water partition coefficient (Wildman–Crippen LogP) is 5.06. The summed E-state index contributed by atoms with van der Waals surface area (Å²) < 4.78 is 39.0. The molecule has 0 aliphatic carbocycles. The summed E-state index contributed by atoms with van der Waals surface area (Å²) in [7, 11) is 0. The molecule has 2 heterocycles. The molecule has 0 bridgehead atoms. The van der Waals surface area contributed by atoms with Crippen LogP contribution in [0.15, 0.2) is 35.4 Å². The first-order valence-corrected chi connectivity index (χ1v) is 8.05. The zero-order valence-corrected chi connectivity index (χ0v) is 13.3. The van der Waals surface area contributed by atoms with Gasteiger partial charge in [0.25, 0.3) is 0 Å². The van der Waals surface area contributed by atoms with Crippen molar-refractivity contribution in [3.8, 4) is 11.4 Å². The molecule has 0 unspecified atom stereocenters. The molecule has 0 saturated heterocycles. The van der Waals surface area contributed by atoms with Crippen LogP contribution in [0.1, 0.15) is 18.1 Å². The number of pyridine rings is 1. The highest BCUT2D eigenvalue weighted by atomic mass is 32.2. The second-order valence-electron chi connectivity index (χ2n) is 5.01. The van der Waals surface area contributed by atoms with E-state index in [1.807, 2.05) is 31.2 Å². The third-order valence-electron chi connectivity index (χ3n) is 3.53. The number of benzene rings is 1. The Balaban J connectivity index is 2.17. The number of imidazole rings is 1. The molecule has 23 heavy (non-hydrogen) atoms. The van der Waals surface area contributed by atoms with E-state index in [4.69, 9.17) is 0 Å². The number of alkyl halides is 3. The van der Waals surface area contributed by atoms with Gasteiger partial charge >= 0.3 is 6.18 Å². The van der Waals surface area contributed by atoms with E-state index in [9.17, 15) is 13.2 Å². The minimum Gasteiger partial charge on any atom is -0.336 e. The summed E-state index contributed by atoms with van der Waals surface area (Å²) in [6, 6.07) is 7.67. The summed E-state index contributed by atoms with van der Waals surface area (Å²) in [6.45, 7) is 3.48. The zero-order chi connectivity index (χ0) is 16.6. The third kappa shape index (κ3) is 2.93. The Labute approximate surface area is 135 Å². The third-order valence-corrected chi connectivity index (χ3v) is 4.48. The number of nitrogens with zero attached hydrogens (tertiary/aromatic N) is 2. The Kier molecular flexibility index (Phi) is 4.06. The number of aromatic amines is 1. The van der Waals surface area contributed by atoms with Gasteiger partial charge in [0.05, 0.1) is 11.1 Å². The van der Waals surface area contributed by atoms with E-state index >= 15 is 0 Å². The average Bonchev–Trinajstić information content (AvgIpc) is 2.92. The van der Waals surface area contributed by atoms with Gasteiger partial charge in [-0.05, 0) is 24.3 Å². The number of aromatic nitrogens is 3. The molecule has 0 radical (unpaired) electrons. The lowest BCUT2D eigenvalue weighted by Crippen LogP contribution is -2.08. The van der Waals surface area contributed by atoms with Gasteiger partial charge in [-0.3, -0.25) is 0 Å². The Hall–Kier alpha value is -2.02. The van der Waals surface area contributed by atoms with Crippen LogP contribution in [-0.2, 0) is 6.18 Å². The van der Waals surface area contributed by atoms with Gasteiger partial charge in [0.1, 0.15) is 5.82 Å². The molecule has 0 spiro atoms. The lowest BCUT2D eigenvalue weighted by molar-refractivity contribution is -0.138. The Morgan fingerprint density at radius 2 is 1.96 bits per heavy atom. The van der Waals surface area contributed by atoms with Crippen LogP contribution in [0.5, 0.6) is 0 Å². The highest BCUT2D eigenvalue weighted by Crippen LogP contribution is 2.35. The quantitative estimate of drug-likeness (QED) is 0.679. The Morgan fingerprint density at radius 1 is 1.22 bits per heavy atom. The number of fused-ring (bicyclic) bond motifs is 1. The lowest BCUT2D eigenvalue weighted by Gasteiger charge is -2.09. The number of nitrogens with one attached hydrogen (secondary N) is 1. The maximum Gasteiger partial charge on any atom is 0.418 e. The van der Waals surface area contributed by atoms with Gasteiger partial charge in [-0.2, -0.15) is 13.2 Å². The molecule has 0 saturated carbocycles. The van der Waals surface area contributed by atoms with Crippen molar-refractivity contribution in [1.29, 1.82) is 0 Å². The van der Waals surface area contributed by atoms with Crippen LogP contribution in [0.25, 0.3) is 22.6 Å². The Morgan fingerprint density at radius 3 is 2.65 bits per heavy atom. The van der Waals surface area contributed by atoms with Crippen LogP contribution >= 0.6 is 11.8 Å². The normalized spacial score (nSPS) is 12.0. The molecule has 0 aliphatic rings. The SMILES string of the molecule is CCSc1ccccc1-c1nc2ncc(C(F)(F)F)c(C)c2[nH]1. The van der Waals surface area contributed by atoms with Crippen molar-refractivity contribution in [3.63, 3.8) is 0 Å². The van der Waals surface area contributed by atoms with Crippen LogP contribution in [0.4, 0.5) is 13.2 Å². The molecule has 1 aromatic carbocycles. The summed E-state index contributed by atoms with van der Waals surface area (Å²) in [4.78, 5) is 12.3. The number of thioether (sulfide) groups is 1. The van der Waals surface area contributed by atoms with Crippen molar-refractivity contribution in [3.05, 3.63) is 41.6 Å². The first kappa shape index (κ1) is 15.9. The maximum atomic E-state index is 13.0. The smallest absolute Gasteiger partial charge is 0.336 e. The van der Waals surface area contributed by atoms with Crippen LogP contribution in [0.2, 0.25) is 0 Å². The molecule has 1 N–H and O–H groups in total. The number of halogens is 3. The molecule has 3 nitrogen and oxygen atoms in total. The van der Waals surface area contributed by atoms with E-state index in [-0.39, 0.29) is 5.56 Å². The second-order valence-corrected chi connectivity index (χ2v) is 6.31. The number of aryl methyl sites for hydroxylation is 1. The molecule has 120 valence electrons. The zero-order valence-electron chi connectivity index (χ0n) is 12.5. The highest BCUT2D eigenvalue weighted by Gasteiger charge is 2.34. The molecule has 7 heteroatoms. The van der Waals surface area contributed by atoms with Crippen molar-refractivity contribution < 1.29 is 13.2 Å². The molecule has 3 rings (SSSR count). The lowest BCUT2D eigenvalue weighted by atomic mass is 10.1. The predicted molar refractivity (Wildman–Crippen MR) is 85.5 cm³/mol. The highest BCUT2D eigenvalue weighted by molar-refractivity contribution is 7.99. The molecule has 0 fully saturated rings. The second kappa shape index (κ2) is 5.88. The average molecular weight is 337 g/mol. The molecule has 2 aromatic heterocycles. The van der Waals surface area contributed by atoms with Crippen LogP contribution < -0.4 is 0 Å². The standard InChI is InChI=1S/C16H14F3N3S/c1-3-23-12-7-5-4-6-10(12)14-21-13-9(2)11(16(17,18)19)8-20-15(13)22-14/h4-8H,3H2,1-2H3,(H,20,21,22). The molecule has 3 aromatic rings. The molecular weight excluding hydrogens is 323 g/mol. The minimum atomic E-state index is -4.42. The van der Waals surface area contributed by atoms with E-state index in [1.165, 1.54) is 6.92 Å². The van der Waals surface area contributed by atoms with Crippen LogP contribution in [-0.4, -0.2) is 20.7 Å². The number of rotatable bonds is 3. The summed E-state index contributed by atoms with van der Waals surface area (Å²) in [5, 5.41) is 0. The fraction of sp³-hybridized carbons (Fsp3) is 0.250. The van der Waals surface area contributed by atoms with Gasteiger partial charge in [-0.15, -0.1) is 11.8 Å². The van der Waals surface area contributed by atoms with Gasteiger partial charge < -0.3 is 4.98 Å². The van der Waals surface area contributed by atoms with Gasteiger partial charge in [0.2, 0.25) is 0 Å². The van der Waals surface area contributed by atoms with Crippen LogP contribution in [0.3, 0.4) is 0 Å². The fourth-order valence-corrected chi connectivity index (χ4v) is 3.24. The summed E-state index contributed by atoms with van der Waals surface area (Å²) in [5.74, 6) is 1.43. The molecular formula is C16H14F3N3S. The van der Waals surface area contributed by atoms with E-state index in [0.717, 1.165) is 22.4 Å². The molecule has 0 atom stereocenters. The Bertz CT molecular complexity index is 855. The topological polar surface area (TPSA) is 41.6 Å². The van der Waals surface area contributed by atoms with Crippen molar-refractivity contribution in [2.24, 2.45) is 0 Å². The van der Waals surface area contributed by atoms with Crippen molar-refractivity contribution in [2.75, 3.05) is 5.75 Å². The fourth-order valence-electron chi connectivity index (χ4n) is 2.43. The van der Waals surface area contributed by atoms with E-state index < -0.39 is 11.7 Å². The number of hydrogen-bond acceptors (Lipinski definition) is 3. The number of hydrogen-bond donors (Lipinski definition) is 1. The number of H-pyrrole nitrogens is 1. The van der Waals surface area contributed by atoms with Gasteiger partial charge in [0, 0.05) is 16.7 Å². The summed E-state index contributed by atoms with van der Waals surface area (Å²) in [6.07, 6.45) is -3.58. The largest absolute Gasteiger partial charge is 0.418 e. The summed E-state index contributed by atoms with van der Waals surface area (Å²) >= 11 is 1.66. The first-order valence-electron chi connectivity index (χ1n) is 7.06. The van der Waals surface area contributed by atoms with E-state index in [2.05, 4.69) is 15.0 Å². The monoisotopic (exact) mass is 337 g/mol. The summed E-state index contributed by atoms with van der Waals surface area (Å²) in [5.41, 5.74) is 0.858. The van der Waals surface area contributed by atoms with E-state index in [1.54, 1.807) is 11.8 Å². The van der Waals surface area contributed by atoms with Gasteiger partial charge in [-0.1, -0.05) is 25.1 Å². The first-order chi connectivity index (χ1) is 10.9. The van der Waals surface area contributed by atoms with Gasteiger partial charge in [-0.25, -0.2) is 9.97 Å². The minimum absolute atomic E-state index is 0.113. The van der Waals surface area contributed by atoms with Gasteiger partial charge in [0.15, 0.2) is 5.65 Å². The molecule has 0 aliphatic heterocycles. The van der Waals surface area contributed by atoms with Crippen molar-refractivity contribution in [2.45, 2.75) is 24.9 Å². The van der Waals surface area contributed by atoms with E-state index in [0.29, 0.717) is 17.0 Å². The van der Waals surface area contributed by atoms with Crippen LogP contribution in [0, 0.1) is 6.92 Å². The maximum absolute atomic E-state index is 13.0. The molecule has 0 amide bonds.